The van der Waals surface area contributed by atoms with Gasteiger partial charge in [0.1, 0.15) is 0 Å². The van der Waals surface area contributed by atoms with E-state index in [0.29, 0.717) is 6.42 Å². The van der Waals surface area contributed by atoms with Crippen LogP contribution in [-0.2, 0) is 14.6 Å². The molecular formula is C12H14BrNO3S2. The van der Waals surface area contributed by atoms with Gasteiger partial charge in [-0.15, -0.1) is 11.8 Å². The van der Waals surface area contributed by atoms with E-state index in [-0.39, 0.29) is 28.4 Å². The first-order chi connectivity index (χ1) is 8.94. The maximum atomic E-state index is 11.7. The Morgan fingerprint density at radius 1 is 1.37 bits per heavy atom. The third-order valence-corrected chi connectivity index (χ3v) is 6.58. The van der Waals surface area contributed by atoms with E-state index < -0.39 is 9.84 Å². The molecule has 2 rings (SSSR count). The molecule has 0 saturated carbocycles. The molecule has 7 heteroatoms. The van der Waals surface area contributed by atoms with Crippen molar-refractivity contribution in [3.8, 4) is 0 Å². The van der Waals surface area contributed by atoms with Crippen molar-refractivity contribution >= 4 is 49.1 Å². The number of hydrogen-bond donors (Lipinski definition) is 1. The average Bonchev–Trinajstić information content (AvgIpc) is 2.69. The fourth-order valence-electron chi connectivity index (χ4n) is 1.82. The molecule has 1 amide bonds. The number of amides is 1. The topological polar surface area (TPSA) is 63.2 Å². The lowest BCUT2D eigenvalue weighted by atomic mass is 10.3. The van der Waals surface area contributed by atoms with Crippen molar-refractivity contribution in [2.24, 2.45) is 0 Å². The number of carbonyl (C=O) groups is 1. The van der Waals surface area contributed by atoms with Crippen LogP contribution in [0.25, 0.3) is 0 Å². The van der Waals surface area contributed by atoms with Gasteiger partial charge in [0.05, 0.1) is 17.3 Å². The van der Waals surface area contributed by atoms with Gasteiger partial charge in [0.2, 0.25) is 5.91 Å². The smallest absolute Gasteiger partial charge is 0.234 e. The van der Waals surface area contributed by atoms with E-state index in [1.54, 1.807) is 0 Å². The molecule has 4 nitrogen and oxygen atoms in total. The Labute approximate surface area is 125 Å². The van der Waals surface area contributed by atoms with Crippen LogP contribution in [0, 0.1) is 0 Å². The first-order valence-corrected chi connectivity index (χ1v) is 9.48. The molecule has 19 heavy (non-hydrogen) atoms. The van der Waals surface area contributed by atoms with Crippen molar-refractivity contribution < 1.29 is 13.2 Å². The SMILES string of the molecule is O=C(CS[C@@H]1CCS(=O)(=O)C1)Nc1ccc(Br)cc1. The van der Waals surface area contributed by atoms with Crippen LogP contribution >= 0.6 is 27.7 Å². The lowest BCUT2D eigenvalue weighted by molar-refractivity contribution is -0.113. The van der Waals surface area contributed by atoms with Gasteiger partial charge < -0.3 is 5.32 Å². The van der Waals surface area contributed by atoms with Gasteiger partial charge in [0.15, 0.2) is 9.84 Å². The van der Waals surface area contributed by atoms with Crippen LogP contribution in [0.1, 0.15) is 6.42 Å². The Morgan fingerprint density at radius 2 is 2.05 bits per heavy atom. The van der Waals surface area contributed by atoms with Crippen LogP contribution in [-0.4, -0.2) is 36.8 Å². The van der Waals surface area contributed by atoms with Gasteiger partial charge in [-0.25, -0.2) is 8.42 Å². The summed E-state index contributed by atoms with van der Waals surface area (Å²) in [5.74, 6) is 0.634. The van der Waals surface area contributed by atoms with Crippen molar-refractivity contribution in [2.45, 2.75) is 11.7 Å². The Bertz CT molecular complexity index is 557. The standard InChI is InChI=1S/C12H14BrNO3S2/c13-9-1-3-10(4-2-9)14-12(15)7-18-11-5-6-19(16,17)8-11/h1-4,11H,5-8H2,(H,14,15)/t11-/m1/s1. The summed E-state index contributed by atoms with van der Waals surface area (Å²) in [5.41, 5.74) is 0.743. The zero-order valence-corrected chi connectivity index (χ0v) is 13.4. The molecule has 104 valence electrons. The van der Waals surface area contributed by atoms with E-state index in [9.17, 15) is 13.2 Å². The predicted molar refractivity (Wildman–Crippen MR) is 82.3 cm³/mol. The molecule has 1 aliphatic rings. The Balaban J connectivity index is 1.78. The Kier molecular flexibility index (Phi) is 4.92. The van der Waals surface area contributed by atoms with E-state index in [2.05, 4.69) is 21.2 Å². The molecule has 1 saturated heterocycles. The van der Waals surface area contributed by atoms with Crippen LogP contribution in [0.4, 0.5) is 5.69 Å². The zero-order chi connectivity index (χ0) is 13.9. The van der Waals surface area contributed by atoms with Crippen molar-refractivity contribution in [3.63, 3.8) is 0 Å². The molecule has 1 aromatic carbocycles. The Hall–Kier alpha value is -0.530. The van der Waals surface area contributed by atoms with Gasteiger partial charge in [-0.3, -0.25) is 4.79 Å². The van der Waals surface area contributed by atoms with Gasteiger partial charge in [-0.05, 0) is 30.7 Å². The number of hydrogen-bond acceptors (Lipinski definition) is 4. The lowest BCUT2D eigenvalue weighted by Gasteiger charge is -2.08. The van der Waals surface area contributed by atoms with Crippen molar-refractivity contribution in [1.82, 2.24) is 0 Å². The number of thioether (sulfide) groups is 1. The molecule has 1 atom stereocenters. The van der Waals surface area contributed by atoms with E-state index in [0.717, 1.165) is 10.2 Å². The molecule has 0 unspecified atom stereocenters. The van der Waals surface area contributed by atoms with Gasteiger partial charge >= 0.3 is 0 Å². The van der Waals surface area contributed by atoms with Gasteiger partial charge in [-0.2, -0.15) is 0 Å². The largest absolute Gasteiger partial charge is 0.325 e. The number of rotatable bonds is 4. The normalized spacial score (nSPS) is 21.2. The second kappa shape index (κ2) is 6.28. The van der Waals surface area contributed by atoms with Crippen molar-refractivity contribution in [1.29, 1.82) is 0 Å². The van der Waals surface area contributed by atoms with E-state index >= 15 is 0 Å². The Morgan fingerprint density at radius 3 is 2.63 bits per heavy atom. The number of nitrogens with one attached hydrogen (secondary N) is 1. The molecule has 0 spiro atoms. The monoisotopic (exact) mass is 363 g/mol. The molecule has 1 fully saturated rings. The molecule has 0 aliphatic carbocycles. The van der Waals surface area contributed by atoms with E-state index in [1.165, 1.54) is 11.8 Å². The highest BCUT2D eigenvalue weighted by Crippen LogP contribution is 2.24. The molecule has 0 bridgehead atoms. The highest BCUT2D eigenvalue weighted by atomic mass is 79.9. The summed E-state index contributed by atoms with van der Waals surface area (Å²) in [6.07, 6.45) is 0.651. The highest BCUT2D eigenvalue weighted by Gasteiger charge is 2.28. The van der Waals surface area contributed by atoms with Crippen LogP contribution in [0.3, 0.4) is 0 Å². The molecule has 1 aliphatic heterocycles. The molecular weight excluding hydrogens is 350 g/mol. The third kappa shape index (κ3) is 4.81. The minimum absolute atomic E-state index is 0.0562. The summed E-state index contributed by atoms with van der Waals surface area (Å²) in [4.78, 5) is 11.7. The fourth-order valence-corrected chi connectivity index (χ4v) is 5.52. The maximum absolute atomic E-state index is 11.7. The second-order valence-electron chi connectivity index (χ2n) is 4.39. The van der Waals surface area contributed by atoms with E-state index in [1.807, 2.05) is 24.3 Å². The van der Waals surface area contributed by atoms with Gasteiger partial charge in [0, 0.05) is 15.4 Å². The molecule has 1 heterocycles. The molecule has 1 N–H and O–H groups in total. The van der Waals surface area contributed by atoms with Gasteiger partial charge in [-0.1, -0.05) is 15.9 Å². The summed E-state index contributed by atoms with van der Waals surface area (Å²) in [7, 11) is -2.86. The first kappa shape index (κ1) is 14.9. The number of carbonyl (C=O) groups excluding carboxylic acids is 1. The summed E-state index contributed by atoms with van der Waals surface area (Å²) in [6.45, 7) is 0. The summed E-state index contributed by atoms with van der Waals surface area (Å²) in [5, 5.41) is 2.84. The highest BCUT2D eigenvalue weighted by molar-refractivity contribution is 9.10. The number of benzene rings is 1. The summed E-state index contributed by atoms with van der Waals surface area (Å²) in [6, 6.07) is 7.33. The summed E-state index contributed by atoms with van der Waals surface area (Å²) >= 11 is 4.74. The number of anilines is 1. The van der Waals surface area contributed by atoms with Crippen LogP contribution in [0.15, 0.2) is 28.7 Å². The molecule has 0 aromatic heterocycles. The molecule has 1 aromatic rings. The fraction of sp³-hybridized carbons (Fsp3) is 0.417. The van der Waals surface area contributed by atoms with Crippen LogP contribution in [0.2, 0.25) is 0 Å². The van der Waals surface area contributed by atoms with E-state index in [4.69, 9.17) is 0 Å². The summed E-state index contributed by atoms with van der Waals surface area (Å²) < 4.78 is 23.5. The predicted octanol–water partition coefficient (Wildman–Crippen LogP) is 2.31. The average molecular weight is 364 g/mol. The minimum Gasteiger partial charge on any atom is -0.325 e. The second-order valence-corrected chi connectivity index (χ2v) is 8.82. The zero-order valence-electron chi connectivity index (χ0n) is 10.1. The van der Waals surface area contributed by atoms with Crippen LogP contribution < -0.4 is 5.32 Å². The lowest BCUT2D eigenvalue weighted by Crippen LogP contribution is -2.17. The van der Waals surface area contributed by atoms with Crippen molar-refractivity contribution in [2.75, 3.05) is 22.6 Å². The molecule has 0 radical (unpaired) electrons. The number of halogens is 1. The van der Waals surface area contributed by atoms with Crippen LogP contribution in [0.5, 0.6) is 0 Å². The quantitative estimate of drug-likeness (QED) is 0.891. The minimum atomic E-state index is -2.86. The third-order valence-electron chi connectivity index (χ3n) is 2.77. The first-order valence-electron chi connectivity index (χ1n) is 5.82. The van der Waals surface area contributed by atoms with Gasteiger partial charge in [0.25, 0.3) is 0 Å². The number of sulfone groups is 1. The maximum Gasteiger partial charge on any atom is 0.234 e. The van der Waals surface area contributed by atoms with Crippen molar-refractivity contribution in [3.05, 3.63) is 28.7 Å².